The third-order valence-corrected chi connectivity index (χ3v) is 5.73. The Bertz CT molecular complexity index is 941. The first-order chi connectivity index (χ1) is 14.3. The fraction of sp³-hybridized carbons (Fsp3) is 0.458. The smallest absolute Gasteiger partial charge is 0.252 e. The van der Waals surface area contributed by atoms with Crippen molar-refractivity contribution in [3.05, 3.63) is 69.6 Å². The number of aromatic nitrogens is 1. The molecule has 2 aromatic rings. The molecular weight excluding hydrogens is 378 g/mol. The van der Waals surface area contributed by atoms with Crippen LogP contribution in [0.1, 0.15) is 79.9 Å². The molecule has 0 aliphatic heterocycles. The van der Waals surface area contributed by atoms with Gasteiger partial charge in [-0.05, 0) is 42.9 Å². The molecule has 2 amide bonds. The first kappa shape index (κ1) is 21.8. The number of carbonyl (C=O) groups excluding carboxylic acids is 2. The molecule has 0 radical (unpaired) electrons. The van der Waals surface area contributed by atoms with Gasteiger partial charge in [0.25, 0.3) is 11.5 Å². The molecule has 1 aliphatic rings. The number of amides is 2. The highest BCUT2D eigenvalue weighted by Crippen LogP contribution is 2.19. The highest BCUT2D eigenvalue weighted by Gasteiger charge is 2.19. The first-order valence-corrected chi connectivity index (χ1v) is 10.7. The summed E-state index contributed by atoms with van der Waals surface area (Å²) in [6.45, 7) is 6.06. The minimum Gasteiger partial charge on any atom is -0.349 e. The standard InChI is InChI=1S/C24H31N3O3/c1-16(2)18-8-10-19(11-9-18)17(3)25-22(28)15-27-14-20(12-13-23(27)29)24(30)26-21-6-4-5-7-21/h8-14,16-17,21H,4-7,15H2,1-3H3,(H,25,28)(H,26,30)/t17-/m1/s1. The molecule has 1 aromatic heterocycles. The summed E-state index contributed by atoms with van der Waals surface area (Å²) < 4.78 is 1.29. The van der Waals surface area contributed by atoms with Gasteiger partial charge < -0.3 is 15.2 Å². The van der Waals surface area contributed by atoms with Gasteiger partial charge in [-0.1, -0.05) is 51.0 Å². The van der Waals surface area contributed by atoms with Crippen LogP contribution >= 0.6 is 0 Å². The van der Waals surface area contributed by atoms with Crippen molar-refractivity contribution < 1.29 is 9.59 Å². The molecule has 1 atom stereocenters. The van der Waals surface area contributed by atoms with Crippen molar-refractivity contribution in [2.24, 2.45) is 0 Å². The molecule has 1 fully saturated rings. The Balaban J connectivity index is 1.62. The van der Waals surface area contributed by atoms with E-state index in [-0.39, 0.29) is 36.0 Å². The monoisotopic (exact) mass is 409 g/mol. The average Bonchev–Trinajstić information content (AvgIpc) is 3.22. The zero-order valence-electron chi connectivity index (χ0n) is 18.0. The van der Waals surface area contributed by atoms with Crippen LogP contribution in [0, 0.1) is 0 Å². The summed E-state index contributed by atoms with van der Waals surface area (Å²) in [6, 6.07) is 11.0. The van der Waals surface area contributed by atoms with Gasteiger partial charge in [0.05, 0.1) is 11.6 Å². The molecule has 1 aromatic carbocycles. The molecule has 6 heteroatoms. The lowest BCUT2D eigenvalue weighted by molar-refractivity contribution is -0.122. The van der Waals surface area contributed by atoms with Crippen molar-refractivity contribution in [3.8, 4) is 0 Å². The summed E-state index contributed by atoms with van der Waals surface area (Å²) >= 11 is 0. The lowest BCUT2D eigenvalue weighted by Crippen LogP contribution is -2.36. The molecule has 3 rings (SSSR count). The fourth-order valence-corrected chi connectivity index (χ4v) is 3.82. The van der Waals surface area contributed by atoms with Crippen molar-refractivity contribution in [2.45, 2.75) is 71.0 Å². The zero-order chi connectivity index (χ0) is 21.7. The van der Waals surface area contributed by atoms with Gasteiger partial charge in [0.1, 0.15) is 6.54 Å². The molecule has 1 saturated carbocycles. The van der Waals surface area contributed by atoms with Crippen LogP contribution in [0.5, 0.6) is 0 Å². The topological polar surface area (TPSA) is 80.2 Å². The van der Waals surface area contributed by atoms with Gasteiger partial charge in [-0.3, -0.25) is 14.4 Å². The van der Waals surface area contributed by atoms with E-state index in [2.05, 4.69) is 36.6 Å². The number of rotatable bonds is 7. The van der Waals surface area contributed by atoms with E-state index in [1.165, 1.54) is 28.5 Å². The minimum atomic E-state index is -0.309. The fourth-order valence-electron chi connectivity index (χ4n) is 3.82. The quantitative estimate of drug-likeness (QED) is 0.734. The number of hydrogen-bond acceptors (Lipinski definition) is 3. The molecule has 1 heterocycles. The molecule has 2 N–H and O–H groups in total. The third kappa shape index (κ3) is 5.59. The zero-order valence-corrected chi connectivity index (χ0v) is 18.0. The maximum atomic E-state index is 12.5. The molecular formula is C24H31N3O3. The summed E-state index contributed by atoms with van der Waals surface area (Å²) in [5, 5.41) is 5.94. The summed E-state index contributed by atoms with van der Waals surface area (Å²) in [4.78, 5) is 37.2. The van der Waals surface area contributed by atoms with Crippen molar-refractivity contribution in [1.29, 1.82) is 0 Å². The molecule has 0 saturated heterocycles. The SMILES string of the molecule is CC(C)c1ccc([C@@H](C)NC(=O)Cn2cc(C(=O)NC3CCCC3)ccc2=O)cc1. The van der Waals surface area contributed by atoms with E-state index in [1.807, 2.05) is 19.1 Å². The van der Waals surface area contributed by atoms with Crippen LogP contribution in [0.3, 0.4) is 0 Å². The van der Waals surface area contributed by atoms with E-state index >= 15 is 0 Å². The molecule has 6 nitrogen and oxygen atoms in total. The predicted octanol–water partition coefficient (Wildman–Crippen LogP) is 3.52. The van der Waals surface area contributed by atoms with Crippen LogP contribution in [0.2, 0.25) is 0 Å². The van der Waals surface area contributed by atoms with Crippen LogP contribution < -0.4 is 16.2 Å². The molecule has 0 unspecified atom stereocenters. The number of nitrogens with one attached hydrogen (secondary N) is 2. The van der Waals surface area contributed by atoms with Crippen molar-refractivity contribution in [3.63, 3.8) is 0 Å². The van der Waals surface area contributed by atoms with Crippen LogP contribution in [-0.2, 0) is 11.3 Å². The molecule has 30 heavy (non-hydrogen) atoms. The Labute approximate surface area is 177 Å². The van der Waals surface area contributed by atoms with Gasteiger partial charge in [-0.15, -0.1) is 0 Å². The minimum absolute atomic E-state index is 0.127. The van der Waals surface area contributed by atoms with E-state index < -0.39 is 0 Å². The summed E-state index contributed by atoms with van der Waals surface area (Å²) in [6.07, 6.45) is 5.70. The van der Waals surface area contributed by atoms with Crippen LogP contribution in [0.25, 0.3) is 0 Å². The number of pyridine rings is 1. The number of benzene rings is 1. The third-order valence-electron chi connectivity index (χ3n) is 5.73. The van der Waals surface area contributed by atoms with Gasteiger partial charge in [-0.25, -0.2) is 0 Å². The normalized spacial score (nSPS) is 15.2. The first-order valence-electron chi connectivity index (χ1n) is 10.7. The highest BCUT2D eigenvalue weighted by molar-refractivity contribution is 5.94. The largest absolute Gasteiger partial charge is 0.349 e. The predicted molar refractivity (Wildman–Crippen MR) is 118 cm³/mol. The lowest BCUT2D eigenvalue weighted by Gasteiger charge is -2.16. The maximum Gasteiger partial charge on any atom is 0.252 e. The van der Waals surface area contributed by atoms with Crippen molar-refractivity contribution in [2.75, 3.05) is 0 Å². The van der Waals surface area contributed by atoms with Gasteiger partial charge in [0.2, 0.25) is 5.91 Å². The van der Waals surface area contributed by atoms with Crippen molar-refractivity contribution >= 4 is 11.8 Å². The summed E-state index contributed by atoms with van der Waals surface area (Å²) in [5.74, 6) is -0.0190. The van der Waals surface area contributed by atoms with Crippen LogP contribution in [0.15, 0.2) is 47.4 Å². The van der Waals surface area contributed by atoms with Gasteiger partial charge >= 0.3 is 0 Å². The molecule has 0 spiro atoms. The van der Waals surface area contributed by atoms with E-state index in [9.17, 15) is 14.4 Å². The number of nitrogens with zero attached hydrogens (tertiary/aromatic N) is 1. The second kappa shape index (κ2) is 9.74. The molecule has 1 aliphatic carbocycles. The Morgan fingerprint density at radius 3 is 2.27 bits per heavy atom. The van der Waals surface area contributed by atoms with E-state index in [1.54, 1.807) is 0 Å². The number of hydrogen-bond donors (Lipinski definition) is 2. The van der Waals surface area contributed by atoms with Gasteiger partial charge in [0.15, 0.2) is 0 Å². The van der Waals surface area contributed by atoms with Gasteiger partial charge in [-0.2, -0.15) is 0 Å². The van der Waals surface area contributed by atoms with Crippen LogP contribution in [-0.4, -0.2) is 22.4 Å². The van der Waals surface area contributed by atoms with E-state index in [0.29, 0.717) is 11.5 Å². The average molecular weight is 410 g/mol. The summed E-state index contributed by atoms with van der Waals surface area (Å²) in [7, 11) is 0. The van der Waals surface area contributed by atoms with E-state index in [4.69, 9.17) is 0 Å². The highest BCUT2D eigenvalue weighted by atomic mass is 16.2. The van der Waals surface area contributed by atoms with E-state index in [0.717, 1.165) is 31.2 Å². The molecule has 160 valence electrons. The Morgan fingerprint density at radius 2 is 1.63 bits per heavy atom. The molecule has 0 bridgehead atoms. The summed E-state index contributed by atoms with van der Waals surface area (Å²) in [5.41, 5.74) is 2.34. The maximum absolute atomic E-state index is 12.5. The Hall–Kier alpha value is -2.89. The number of carbonyl (C=O) groups is 2. The second-order valence-corrected chi connectivity index (χ2v) is 8.45. The Morgan fingerprint density at radius 1 is 1.00 bits per heavy atom. The van der Waals surface area contributed by atoms with Gasteiger partial charge in [0, 0.05) is 18.3 Å². The lowest BCUT2D eigenvalue weighted by atomic mass is 9.99. The second-order valence-electron chi connectivity index (χ2n) is 8.45. The van der Waals surface area contributed by atoms with Crippen LogP contribution in [0.4, 0.5) is 0 Å². The Kier molecular flexibility index (Phi) is 7.08. The van der Waals surface area contributed by atoms with Crippen molar-refractivity contribution in [1.82, 2.24) is 15.2 Å².